The lowest BCUT2D eigenvalue weighted by Gasteiger charge is -2.36. The number of rotatable bonds is 12. The summed E-state index contributed by atoms with van der Waals surface area (Å²) in [6.07, 6.45) is 2.99. The predicted molar refractivity (Wildman–Crippen MR) is 185 cm³/mol. The first kappa shape index (κ1) is 33.7. The van der Waals surface area contributed by atoms with Crippen LogP contribution in [0.4, 0.5) is 11.8 Å². The Morgan fingerprint density at radius 2 is 1.83 bits per heavy atom. The zero-order valence-corrected chi connectivity index (χ0v) is 29.6. The molecule has 1 aliphatic heterocycles. The van der Waals surface area contributed by atoms with Gasteiger partial charge in [-0.3, -0.25) is 0 Å². The van der Waals surface area contributed by atoms with E-state index in [0.717, 1.165) is 45.3 Å². The number of hydrogen-bond donors (Lipinski definition) is 0. The highest BCUT2D eigenvalue weighted by molar-refractivity contribution is 7.19. The van der Waals surface area contributed by atoms with Crippen molar-refractivity contribution in [3.63, 3.8) is 0 Å². The molecule has 1 aliphatic rings. The number of benzene rings is 1. The van der Waals surface area contributed by atoms with Gasteiger partial charge in [-0.15, -0.1) is 11.3 Å². The van der Waals surface area contributed by atoms with E-state index >= 15 is 0 Å². The fourth-order valence-corrected chi connectivity index (χ4v) is 6.89. The molecular weight excluding hydrogens is 621 g/mol. The number of hydrogen-bond acceptors (Lipinski definition) is 12. The van der Waals surface area contributed by atoms with Crippen LogP contribution >= 0.6 is 11.3 Å². The van der Waals surface area contributed by atoms with Crippen molar-refractivity contribution in [1.82, 2.24) is 19.9 Å². The first-order chi connectivity index (χ1) is 21.9. The summed E-state index contributed by atoms with van der Waals surface area (Å²) in [4.78, 5) is 36.2. The fourth-order valence-electron chi connectivity index (χ4n) is 4.70. The molecule has 0 saturated carbocycles. The van der Waals surface area contributed by atoms with E-state index in [4.69, 9.17) is 28.6 Å². The normalized spacial score (nSPS) is 14.0. The van der Waals surface area contributed by atoms with Crippen LogP contribution in [0.1, 0.15) is 42.9 Å². The average molecular weight is 665 g/mol. The summed E-state index contributed by atoms with van der Waals surface area (Å²) >= 11 is 1.67. The smallest absolute Gasteiger partial charge is 0.341 e. The maximum Gasteiger partial charge on any atom is 0.341 e. The number of thiophene rings is 1. The van der Waals surface area contributed by atoms with Crippen LogP contribution in [0.15, 0.2) is 42.7 Å². The zero-order valence-electron chi connectivity index (χ0n) is 27.8. The number of nitrogens with zero attached hydrogens (tertiary/aromatic N) is 6. The summed E-state index contributed by atoms with van der Waals surface area (Å²) in [7, 11) is 0.0908. The Labute approximate surface area is 276 Å². The minimum Gasteiger partial charge on any atom is -0.491 e. The number of esters is 1. The molecule has 11 nitrogen and oxygen atoms in total. The van der Waals surface area contributed by atoms with E-state index in [0.29, 0.717) is 56.9 Å². The van der Waals surface area contributed by atoms with Crippen LogP contribution < -0.4 is 14.5 Å². The fraction of sp³-hybridized carbons (Fsp3) is 0.485. The standard InChI is InChI=1S/C33H44N6O5SSi/c1-8-42-31(40)24-20-34-32(35-21-24)38(5)22-26-19-27-28(45-26)30(39-12-14-41-15-13-39)37-29(36-27)23-10-9-11-25(18-23)43-16-17-44-46(6,7)33(2,3)4/h9-11,18-21H,8,12-17,22H2,1-7H3. The van der Waals surface area contributed by atoms with Crippen LogP contribution in [0.25, 0.3) is 21.6 Å². The molecule has 0 amide bonds. The van der Waals surface area contributed by atoms with Gasteiger partial charge in [0.25, 0.3) is 0 Å². The van der Waals surface area contributed by atoms with Gasteiger partial charge in [0.15, 0.2) is 20.0 Å². The Morgan fingerprint density at radius 3 is 2.52 bits per heavy atom. The van der Waals surface area contributed by atoms with Crippen molar-refractivity contribution in [3.05, 3.63) is 53.2 Å². The van der Waals surface area contributed by atoms with Crippen molar-refractivity contribution >= 4 is 47.6 Å². The molecule has 46 heavy (non-hydrogen) atoms. The predicted octanol–water partition coefficient (Wildman–Crippen LogP) is 6.20. The lowest BCUT2D eigenvalue weighted by Crippen LogP contribution is -2.41. The average Bonchev–Trinajstić information content (AvgIpc) is 3.45. The molecule has 0 N–H and O–H groups in total. The molecular formula is C33H44N6O5SSi. The van der Waals surface area contributed by atoms with Crippen LogP contribution in [0.2, 0.25) is 18.1 Å². The lowest BCUT2D eigenvalue weighted by atomic mass is 10.2. The van der Waals surface area contributed by atoms with Crippen LogP contribution in [0, 0.1) is 0 Å². The Balaban J connectivity index is 1.36. The lowest BCUT2D eigenvalue weighted by molar-refractivity contribution is 0.0525. The molecule has 1 saturated heterocycles. The first-order valence-electron chi connectivity index (χ1n) is 15.7. The third-order valence-corrected chi connectivity index (χ3v) is 14.0. The van der Waals surface area contributed by atoms with E-state index < -0.39 is 14.3 Å². The van der Waals surface area contributed by atoms with Gasteiger partial charge in [-0.05, 0) is 43.3 Å². The topological polar surface area (TPSA) is 112 Å². The van der Waals surface area contributed by atoms with Crippen molar-refractivity contribution in [2.75, 3.05) is 63.0 Å². The summed E-state index contributed by atoms with van der Waals surface area (Å²) in [5.74, 6) is 2.39. The number of carbonyl (C=O) groups is 1. The maximum atomic E-state index is 12.0. The van der Waals surface area contributed by atoms with E-state index in [2.05, 4.69) is 54.8 Å². The van der Waals surface area contributed by atoms with Gasteiger partial charge in [0.05, 0.1) is 48.8 Å². The van der Waals surface area contributed by atoms with Gasteiger partial charge in [-0.1, -0.05) is 32.9 Å². The van der Waals surface area contributed by atoms with E-state index in [9.17, 15) is 4.79 Å². The van der Waals surface area contributed by atoms with Crippen molar-refractivity contribution in [1.29, 1.82) is 0 Å². The van der Waals surface area contributed by atoms with Gasteiger partial charge >= 0.3 is 5.97 Å². The molecule has 0 bridgehead atoms. The van der Waals surface area contributed by atoms with Gasteiger partial charge in [0.2, 0.25) is 5.95 Å². The minimum absolute atomic E-state index is 0.156. The van der Waals surface area contributed by atoms with Gasteiger partial charge in [-0.2, -0.15) is 0 Å². The highest BCUT2D eigenvalue weighted by atomic mass is 32.1. The Kier molecular flexibility index (Phi) is 10.6. The molecule has 0 spiro atoms. The minimum atomic E-state index is -1.83. The number of ether oxygens (including phenoxy) is 3. The number of carbonyl (C=O) groups excluding carboxylic acids is 1. The molecule has 13 heteroatoms. The highest BCUT2D eigenvalue weighted by Gasteiger charge is 2.37. The van der Waals surface area contributed by atoms with Crippen molar-refractivity contribution in [3.8, 4) is 17.1 Å². The third-order valence-electron chi connectivity index (χ3n) is 8.31. The summed E-state index contributed by atoms with van der Waals surface area (Å²) in [5.41, 5.74) is 2.10. The van der Waals surface area contributed by atoms with E-state index in [-0.39, 0.29) is 5.04 Å². The van der Waals surface area contributed by atoms with E-state index in [1.165, 1.54) is 12.4 Å². The summed E-state index contributed by atoms with van der Waals surface area (Å²) in [5, 5.41) is 0.156. The quantitative estimate of drug-likeness (QED) is 0.0981. The molecule has 4 heterocycles. The molecule has 0 radical (unpaired) electrons. The monoisotopic (exact) mass is 664 g/mol. The zero-order chi connectivity index (χ0) is 32.9. The second-order valence-corrected chi connectivity index (χ2v) is 18.7. The molecule has 1 fully saturated rings. The van der Waals surface area contributed by atoms with Gasteiger partial charge in [-0.25, -0.2) is 24.7 Å². The van der Waals surface area contributed by atoms with Crippen LogP contribution in [-0.2, 0) is 20.4 Å². The second-order valence-electron chi connectivity index (χ2n) is 12.7. The Morgan fingerprint density at radius 1 is 1.09 bits per heavy atom. The van der Waals surface area contributed by atoms with E-state index in [1.807, 2.05) is 36.2 Å². The number of fused-ring (bicyclic) bond motifs is 1. The van der Waals surface area contributed by atoms with Crippen LogP contribution in [0.3, 0.4) is 0 Å². The SMILES string of the molecule is CCOC(=O)c1cnc(N(C)Cc2cc3nc(-c4cccc(OCCO[Si](C)(C)C(C)(C)C)c4)nc(N4CCOCC4)c3s2)nc1. The molecule has 1 aromatic carbocycles. The van der Waals surface area contributed by atoms with Crippen molar-refractivity contribution in [2.24, 2.45) is 0 Å². The molecule has 0 aliphatic carbocycles. The van der Waals surface area contributed by atoms with Crippen molar-refractivity contribution < 1.29 is 23.4 Å². The largest absolute Gasteiger partial charge is 0.491 e. The van der Waals surface area contributed by atoms with Gasteiger partial charge < -0.3 is 28.4 Å². The number of aromatic nitrogens is 4. The van der Waals surface area contributed by atoms with Crippen LogP contribution in [-0.4, -0.2) is 87.4 Å². The molecule has 4 aromatic rings. The third kappa shape index (κ3) is 8.00. The van der Waals surface area contributed by atoms with Gasteiger partial charge in [0, 0.05) is 43.0 Å². The summed E-state index contributed by atoms with van der Waals surface area (Å²) < 4.78 is 24.1. The van der Waals surface area contributed by atoms with Gasteiger partial charge in [0.1, 0.15) is 12.4 Å². The first-order valence-corrected chi connectivity index (χ1v) is 19.4. The maximum absolute atomic E-state index is 12.0. The molecule has 0 unspecified atom stereocenters. The van der Waals surface area contributed by atoms with Crippen molar-refractivity contribution in [2.45, 2.75) is 52.4 Å². The molecule has 0 atom stereocenters. The summed E-state index contributed by atoms with van der Waals surface area (Å²) in [6, 6.07) is 10.0. The summed E-state index contributed by atoms with van der Waals surface area (Å²) in [6.45, 7) is 17.7. The van der Waals surface area contributed by atoms with Crippen LogP contribution in [0.5, 0.6) is 5.75 Å². The number of morpholine rings is 1. The second kappa shape index (κ2) is 14.4. The Bertz CT molecular complexity index is 1640. The molecule has 3 aromatic heterocycles. The Hall–Kier alpha value is -3.65. The number of anilines is 2. The molecule has 246 valence electrons. The highest BCUT2D eigenvalue weighted by Crippen LogP contribution is 2.37. The molecule has 5 rings (SSSR count). The van der Waals surface area contributed by atoms with E-state index in [1.54, 1.807) is 18.3 Å².